The van der Waals surface area contributed by atoms with Crippen LogP contribution in [0.2, 0.25) is 0 Å². The molecule has 2 heterocycles. The minimum atomic E-state index is 0.273. The van der Waals surface area contributed by atoms with Crippen molar-refractivity contribution in [1.29, 1.82) is 0 Å². The van der Waals surface area contributed by atoms with Crippen LogP contribution in [0.1, 0.15) is 30.5 Å². The van der Waals surface area contributed by atoms with Gasteiger partial charge in [-0.1, -0.05) is 24.3 Å². The molecule has 1 fully saturated rings. The predicted molar refractivity (Wildman–Crippen MR) is 102 cm³/mol. The highest BCUT2D eigenvalue weighted by molar-refractivity contribution is 5.78. The minimum absolute atomic E-state index is 0.273. The zero-order valence-corrected chi connectivity index (χ0v) is 15.4. The van der Waals surface area contributed by atoms with E-state index in [9.17, 15) is 4.79 Å². The second-order valence-electron chi connectivity index (χ2n) is 6.63. The van der Waals surface area contributed by atoms with E-state index in [1.165, 1.54) is 0 Å². The zero-order chi connectivity index (χ0) is 18.2. The molecule has 0 aliphatic carbocycles. The molecule has 1 aliphatic rings. The Morgan fingerprint density at radius 3 is 2.88 bits per heavy atom. The van der Waals surface area contributed by atoms with Gasteiger partial charge in [-0.3, -0.25) is 9.78 Å². The third kappa shape index (κ3) is 4.82. The summed E-state index contributed by atoms with van der Waals surface area (Å²) in [4.78, 5) is 18.6. The summed E-state index contributed by atoms with van der Waals surface area (Å²) in [5.41, 5.74) is 2.20. The number of likely N-dealkylation sites (tertiary alicyclic amines) is 1. The summed E-state index contributed by atoms with van der Waals surface area (Å²) in [5.74, 6) is 1.17. The van der Waals surface area contributed by atoms with E-state index >= 15 is 0 Å². The molecule has 3 rings (SSSR count). The minimum Gasteiger partial charge on any atom is -0.496 e. The first-order valence-corrected chi connectivity index (χ1v) is 9.30. The van der Waals surface area contributed by atoms with Crippen molar-refractivity contribution in [1.82, 2.24) is 15.2 Å². The van der Waals surface area contributed by atoms with Crippen molar-refractivity contribution >= 4 is 5.91 Å². The van der Waals surface area contributed by atoms with E-state index in [2.05, 4.69) is 21.3 Å². The lowest BCUT2D eigenvalue weighted by molar-refractivity contribution is -0.129. The number of carbonyl (C=O) groups is 1. The van der Waals surface area contributed by atoms with Gasteiger partial charge in [0, 0.05) is 31.7 Å². The van der Waals surface area contributed by atoms with E-state index in [0.717, 1.165) is 55.9 Å². The molecule has 0 spiro atoms. The number of nitrogens with one attached hydrogen (secondary N) is 1. The molecular weight excluding hydrogens is 326 g/mol. The number of pyridine rings is 1. The monoisotopic (exact) mass is 353 g/mol. The molecule has 0 bridgehead atoms. The first kappa shape index (κ1) is 18.4. The van der Waals surface area contributed by atoms with Crippen molar-refractivity contribution < 1.29 is 9.53 Å². The number of para-hydroxylation sites is 1. The number of aromatic nitrogens is 1. The van der Waals surface area contributed by atoms with Gasteiger partial charge >= 0.3 is 0 Å². The van der Waals surface area contributed by atoms with E-state index in [1.807, 2.05) is 42.6 Å². The second-order valence-corrected chi connectivity index (χ2v) is 6.63. The van der Waals surface area contributed by atoms with Gasteiger partial charge in [-0.15, -0.1) is 0 Å². The fourth-order valence-electron chi connectivity index (χ4n) is 3.54. The molecule has 138 valence electrons. The van der Waals surface area contributed by atoms with Gasteiger partial charge in [-0.2, -0.15) is 0 Å². The Kier molecular flexibility index (Phi) is 6.61. The lowest BCUT2D eigenvalue weighted by Crippen LogP contribution is -2.36. The third-order valence-electron chi connectivity index (χ3n) is 4.95. The van der Waals surface area contributed by atoms with E-state index in [1.54, 1.807) is 7.11 Å². The maximum Gasteiger partial charge on any atom is 0.222 e. The molecule has 1 aliphatic heterocycles. The van der Waals surface area contributed by atoms with Gasteiger partial charge in [-0.05, 0) is 49.6 Å². The van der Waals surface area contributed by atoms with Crippen molar-refractivity contribution in [3.8, 4) is 5.75 Å². The molecule has 5 nitrogen and oxygen atoms in total. The van der Waals surface area contributed by atoms with Gasteiger partial charge in [0.05, 0.1) is 12.8 Å². The van der Waals surface area contributed by atoms with Gasteiger partial charge in [-0.25, -0.2) is 0 Å². The molecule has 26 heavy (non-hydrogen) atoms. The normalized spacial score (nSPS) is 16.9. The number of nitrogens with zero attached hydrogens (tertiary/aromatic N) is 2. The van der Waals surface area contributed by atoms with Crippen LogP contribution in [0.15, 0.2) is 48.7 Å². The van der Waals surface area contributed by atoms with Crippen molar-refractivity contribution in [2.45, 2.75) is 38.3 Å². The Morgan fingerprint density at radius 1 is 1.23 bits per heavy atom. The number of rotatable bonds is 9. The van der Waals surface area contributed by atoms with Crippen LogP contribution in [0.25, 0.3) is 0 Å². The highest BCUT2D eigenvalue weighted by Gasteiger charge is 2.30. The summed E-state index contributed by atoms with van der Waals surface area (Å²) in [7, 11) is 1.69. The maximum atomic E-state index is 12.3. The molecule has 1 aromatic heterocycles. The van der Waals surface area contributed by atoms with Crippen LogP contribution >= 0.6 is 0 Å². The summed E-state index contributed by atoms with van der Waals surface area (Å²) in [6.07, 6.45) is 5.23. The van der Waals surface area contributed by atoms with Crippen LogP contribution in [0, 0.1) is 0 Å². The van der Waals surface area contributed by atoms with Crippen molar-refractivity contribution in [3.63, 3.8) is 0 Å². The number of amides is 1. The van der Waals surface area contributed by atoms with Gasteiger partial charge in [0.25, 0.3) is 0 Å². The molecular formula is C21H27N3O2. The van der Waals surface area contributed by atoms with Crippen LogP contribution in [-0.2, 0) is 17.8 Å². The molecule has 0 radical (unpaired) electrons. The molecule has 2 aromatic rings. The standard InChI is InChI=1S/C21H27N3O2/c1-26-20-8-3-2-6-17(20)12-15-24-19(9-10-21(24)25)11-14-22-16-18-7-4-5-13-23-18/h2-8,13,19,22H,9-12,14-16H2,1H3. The molecule has 1 N–H and O–H groups in total. The lowest BCUT2D eigenvalue weighted by atomic mass is 10.1. The topological polar surface area (TPSA) is 54.5 Å². The number of methoxy groups -OCH3 is 1. The fraction of sp³-hybridized carbons (Fsp3) is 0.429. The van der Waals surface area contributed by atoms with Crippen molar-refractivity contribution in [3.05, 3.63) is 59.9 Å². The largest absolute Gasteiger partial charge is 0.496 e. The van der Waals surface area contributed by atoms with Gasteiger partial charge < -0.3 is 15.0 Å². The first-order valence-electron chi connectivity index (χ1n) is 9.30. The van der Waals surface area contributed by atoms with Crippen molar-refractivity contribution in [2.75, 3.05) is 20.2 Å². The second kappa shape index (κ2) is 9.34. The predicted octanol–water partition coefficient (Wildman–Crippen LogP) is 2.80. The van der Waals surface area contributed by atoms with Gasteiger partial charge in [0.1, 0.15) is 5.75 Å². The Balaban J connectivity index is 1.47. The Morgan fingerprint density at radius 2 is 2.08 bits per heavy atom. The van der Waals surface area contributed by atoms with Crippen LogP contribution < -0.4 is 10.1 Å². The molecule has 0 saturated carbocycles. The highest BCUT2D eigenvalue weighted by Crippen LogP contribution is 2.24. The number of hydrogen-bond acceptors (Lipinski definition) is 4. The Labute approximate surface area is 155 Å². The Hall–Kier alpha value is -2.40. The van der Waals surface area contributed by atoms with Gasteiger partial charge in [0.15, 0.2) is 0 Å². The zero-order valence-electron chi connectivity index (χ0n) is 15.4. The summed E-state index contributed by atoms with van der Waals surface area (Å²) in [5, 5.41) is 3.44. The van der Waals surface area contributed by atoms with Crippen LogP contribution in [0.5, 0.6) is 5.75 Å². The average molecular weight is 353 g/mol. The Bertz CT molecular complexity index is 705. The van der Waals surface area contributed by atoms with Crippen LogP contribution in [0.4, 0.5) is 0 Å². The average Bonchev–Trinajstić information content (AvgIpc) is 3.04. The molecule has 1 amide bonds. The number of benzene rings is 1. The van der Waals surface area contributed by atoms with Gasteiger partial charge in [0.2, 0.25) is 5.91 Å². The van der Waals surface area contributed by atoms with E-state index in [-0.39, 0.29) is 5.91 Å². The SMILES string of the molecule is COc1ccccc1CCN1C(=O)CCC1CCNCc1ccccn1. The van der Waals surface area contributed by atoms with E-state index in [4.69, 9.17) is 4.74 Å². The first-order chi connectivity index (χ1) is 12.8. The summed E-state index contributed by atoms with van der Waals surface area (Å²) in [6.45, 7) is 2.41. The summed E-state index contributed by atoms with van der Waals surface area (Å²) < 4.78 is 5.42. The quantitative estimate of drug-likeness (QED) is 0.705. The summed E-state index contributed by atoms with van der Waals surface area (Å²) in [6, 6.07) is 14.3. The van der Waals surface area contributed by atoms with E-state index in [0.29, 0.717) is 12.5 Å². The third-order valence-corrected chi connectivity index (χ3v) is 4.95. The molecule has 1 atom stereocenters. The van der Waals surface area contributed by atoms with E-state index < -0.39 is 0 Å². The smallest absolute Gasteiger partial charge is 0.222 e. The molecule has 1 unspecified atom stereocenters. The van der Waals surface area contributed by atoms with Crippen LogP contribution in [0.3, 0.4) is 0 Å². The molecule has 1 aromatic carbocycles. The lowest BCUT2D eigenvalue weighted by Gasteiger charge is -2.25. The highest BCUT2D eigenvalue weighted by atomic mass is 16.5. The maximum absolute atomic E-state index is 12.3. The van der Waals surface area contributed by atoms with Crippen molar-refractivity contribution in [2.24, 2.45) is 0 Å². The summed E-state index contributed by atoms with van der Waals surface area (Å²) >= 11 is 0. The number of carbonyl (C=O) groups excluding carboxylic acids is 1. The molecule has 1 saturated heterocycles. The number of hydrogen-bond donors (Lipinski definition) is 1. The molecule has 5 heteroatoms. The van der Waals surface area contributed by atoms with Crippen LogP contribution in [-0.4, -0.2) is 42.0 Å². The number of ether oxygens (including phenoxy) is 1. The fourth-order valence-corrected chi connectivity index (χ4v) is 3.54.